The number of hydrogen-bond acceptors (Lipinski definition) is 3. The molecule has 1 aromatic heterocycles. The van der Waals surface area contributed by atoms with Gasteiger partial charge in [-0.1, -0.05) is 0 Å². The lowest BCUT2D eigenvalue weighted by atomic mass is 10.3. The van der Waals surface area contributed by atoms with Gasteiger partial charge in [-0.3, -0.25) is 14.5 Å². The fraction of sp³-hybridized carbons (Fsp3) is 0.444. The van der Waals surface area contributed by atoms with Crippen molar-refractivity contribution in [3.05, 3.63) is 17.7 Å². The van der Waals surface area contributed by atoms with Gasteiger partial charge in [-0.05, 0) is 6.92 Å². The smallest absolute Gasteiger partial charge is 0.230 e. The first kappa shape index (κ1) is 8.93. The van der Waals surface area contributed by atoms with Gasteiger partial charge < -0.3 is 4.98 Å². The molecule has 0 aromatic carbocycles. The van der Waals surface area contributed by atoms with Crippen LogP contribution in [0, 0.1) is 6.92 Å². The Kier molecular flexibility index (Phi) is 2.07. The predicted octanol–water partition coefficient (Wildman–Crippen LogP) is 0.367. The number of imidazole rings is 1. The maximum absolute atomic E-state index is 11.3. The van der Waals surface area contributed by atoms with Gasteiger partial charge in [0, 0.05) is 18.5 Å². The van der Waals surface area contributed by atoms with E-state index in [9.17, 15) is 9.59 Å². The van der Waals surface area contributed by atoms with E-state index in [0.717, 1.165) is 11.4 Å². The monoisotopic (exact) mass is 193 g/mol. The SMILES string of the molecule is Cc1[nH]cnc1CN1C(=O)CCC1=O. The molecule has 1 aromatic rings. The summed E-state index contributed by atoms with van der Waals surface area (Å²) in [5.74, 6) is -0.199. The minimum atomic E-state index is -0.0996. The largest absolute Gasteiger partial charge is 0.348 e. The molecule has 2 amide bonds. The van der Waals surface area contributed by atoms with E-state index in [-0.39, 0.29) is 11.8 Å². The first-order valence-corrected chi connectivity index (χ1v) is 4.50. The van der Waals surface area contributed by atoms with Gasteiger partial charge in [0.15, 0.2) is 0 Å². The second-order valence-electron chi connectivity index (χ2n) is 3.35. The minimum Gasteiger partial charge on any atom is -0.348 e. The highest BCUT2D eigenvalue weighted by Crippen LogP contribution is 2.15. The van der Waals surface area contributed by atoms with Gasteiger partial charge in [0.2, 0.25) is 11.8 Å². The third-order valence-corrected chi connectivity index (χ3v) is 2.40. The molecule has 0 saturated carbocycles. The van der Waals surface area contributed by atoms with Crippen molar-refractivity contribution in [3.63, 3.8) is 0 Å². The number of amides is 2. The summed E-state index contributed by atoms with van der Waals surface area (Å²) in [7, 11) is 0. The first-order valence-electron chi connectivity index (χ1n) is 4.50. The van der Waals surface area contributed by atoms with Crippen molar-refractivity contribution in [2.45, 2.75) is 26.3 Å². The third-order valence-electron chi connectivity index (χ3n) is 2.40. The van der Waals surface area contributed by atoms with E-state index in [2.05, 4.69) is 9.97 Å². The summed E-state index contributed by atoms with van der Waals surface area (Å²) >= 11 is 0. The van der Waals surface area contributed by atoms with Crippen LogP contribution in [-0.2, 0) is 16.1 Å². The molecular weight excluding hydrogens is 182 g/mol. The van der Waals surface area contributed by atoms with E-state index in [1.54, 1.807) is 6.33 Å². The maximum Gasteiger partial charge on any atom is 0.230 e. The number of imide groups is 1. The van der Waals surface area contributed by atoms with Crippen LogP contribution >= 0.6 is 0 Å². The van der Waals surface area contributed by atoms with Crippen molar-refractivity contribution in [2.24, 2.45) is 0 Å². The predicted molar refractivity (Wildman–Crippen MR) is 48.1 cm³/mol. The summed E-state index contributed by atoms with van der Waals surface area (Å²) in [5, 5.41) is 0. The number of aromatic nitrogens is 2. The Morgan fingerprint density at radius 1 is 1.43 bits per heavy atom. The van der Waals surface area contributed by atoms with Gasteiger partial charge in [-0.2, -0.15) is 0 Å². The Bertz CT molecular complexity index is 367. The minimum absolute atomic E-state index is 0.0996. The molecule has 1 saturated heterocycles. The summed E-state index contributed by atoms with van der Waals surface area (Å²) in [4.78, 5) is 30.8. The number of hydrogen-bond donors (Lipinski definition) is 1. The van der Waals surface area contributed by atoms with E-state index in [1.165, 1.54) is 4.90 Å². The summed E-state index contributed by atoms with van der Waals surface area (Å²) < 4.78 is 0. The molecule has 0 unspecified atom stereocenters. The van der Waals surface area contributed by atoms with Crippen LogP contribution in [0.2, 0.25) is 0 Å². The topological polar surface area (TPSA) is 66.1 Å². The molecule has 0 bridgehead atoms. The van der Waals surface area contributed by atoms with Crippen LogP contribution in [-0.4, -0.2) is 26.7 Å². The van der Waals surface area contributed by atoms with Gasteiger partial charge in [0.1, 0.15) is 0 Å². The van der Waals surface area contributed by atoms with Crippen LogP contribution in [0.4, 0.5) is 0 Å². The standard InChI is InChI=1S/C9H11N3O2/c1-6-7(11-5-10-6)4-12-8(13)2-3-9(12)14/h5H,2-4H2,1H3,(H,10,11). The summed E-state index contributed by atoms with van der Waals surface area (Å²) in [5.41, 5.74) is 1.66. The van der Waals surface area contributed by atoms with Crippen LogP contribution < -0.4 is 0 Å². The Balaban J connectivity index is 2.15. The van der Waals surface area contributed by atoms with Crippen molar-refractivity contribution >= 4 is 11.8 Å². The molecule has 1 fully saturated rings. The van der Waals surface area contributed by atoms with Crippen molar-refractivity contribution in [1.82, 2.24) is 14.9 Å². The molecule has 1 aliphatic heterocycles. The molecule has 5 heteroatoms. The van der Waals surface area contributed by atoms with E-state index >= 15 is 0 Å². The van der Waals surface area contributed by atoms with Crippen LogP contribution in [0.5, 0.6) is 0 Å². The van der Waals surface area contributed by atoms with Crippen molar-refractivity contribution < 1.29 is 9.59 Å². The molecule has 74 valence electrons. The number of H-pyrrole nitrogens is 1. The number of nitrogens with zero attached hydrogens (tertiary/aromatic N) is 2. The normalized spacial score (nSPS) is 16.8. The number of aryl methyl sites for hydroxylation is 1. The Hall–Kier alpha value is -1.65. The average molecular weight is 193 g/mol. The molecule has 2 rings (SSSR count). The quantitative estimate of drug-likeness (QED) is 0.690. The zero-order valence-electron chi connectivity index (χ0n) is 7.91. The molecular formula is C9H11N3O2. The lowest BCUT2D eigenvalue weighted by Crippen LogP contribution is -2.28. The van der Waals surface area contributed by atoms with Crippen molar-refractivity contribution in [3.8, 4) is 0 Å². The second kappa shape index (κ2) is 3.25. The second-order valence-corrected chi connectivity index (χ2v) is 3.35. The zero-order valence-corrected chi connectivity index (χ0v) is 7.91. The zero-order chi connectivity index (χ0) is 10.1. The first-order chi connectivity index (χ1) is 6.68. The number of aromatic amines is 1. The Morgan fingerprint density at radius 3 is 2.57 bits per heavy atom. The highest BCUT2D eigenvalue weighted by atomic mass is 16.2. The Labute approximate surface area is 81.1 Å². The highest BCUT2D eigenvalue weighted by molar-refractivity contribution is 6.01. The van der Waals surface area contributed by atoms with E-state index in [1.807, 2.05) is 6.92 Å². The van der Waals surface area contributed by atoms with Gasteiger partial charge in [0.05, 0.1) is 18.6 Å². The lowest BCUT2D eigenvalue weighted by molar-refractivity contribution is -0.139. The number of carbonyl (C=O) groups is 2. The van der Waals surface area contributed by atoms with Crippen LogP contribution in [0.1, 0.15) is 24.2 Å². The van der Waals surface area contributed by atoms with Crippen LogP contribution in [0.25, 0.3) is 0 Å². The van der Waals surface area contributed by atoms with Crippen LogP contribution in [0.3, 0.4) is 0 Å². The Morgan fingerprint density at radius 2 is 2.07 bits per heavy atom. The molecule has 0 radical (unpaired) electrons. The van der Waals surface area contributed by atoms with Gasteiger partial charge in [-0.25, -0.2) is 4.98 Å². The molecule has 0 atom stereocenters. The molecule has 1 N–H and O–H groups in total. The maximum atomic E-state index is 11.3. The van der Waals surface area contributed by atoms with Crippen molar-refractivity contribution in [2.75, 3.05) is 0 Å². The number of nitrogens with one attached hydrogen (secondary N) is 1. The van der Waals surface area contributed by atoms with Gasteiger partial charge in [-0.15, -0.1) is 0 Å². The average Bonchev–Trinajstić information content (AvgIpc) is 2.67. The molecule has 14 heavy (non-hydrogen) atoms. The third kappa shape index (κ3) is 1.41. The van der Waals surface area contributed by atoms with Crippen molar-refractivity contribution in [1.29, 1.82) is 0 Å². The summed E-state index contributed by atoms with van der Waals surface area (Å²) in [6.45, 7) is 2.17. The molecule has 2 heterocycles. The molecule has 5 nitrogen and oxygen atoms in total. The van der Waals surface area contributed by atoms with Gasteiger partial charge >= 0.3 is 0 Å². The summed E-state index contributed by atoms with van der Waals surface area (Å²) in [6, 6.07) is 0. The summed E-state index contributed by atoms with van der Waals surface area (Å²) in [6.07, 6.45) is 2.24. The molecule has 0 spiro atoms. The number of rotatable bonds is 2. The van der Waals surface area contributed by atoms with E-state index in [4.69, 9.17) is 0 Å². The molecule has 1 aliphatic rings. The van der Waals surface area contributed by atoms with Gasteiger partial charge in [0.25, 0.3) is 0 Å². The lowest BCUT2D eigenvalue weighted by Gasteiger charge is -2.11. The fourth-order valence-electron chi connectivity index (χ4n) is 1.50. The van der Waals surface area contributed by atoms with Crippen LogP contribution in [0.15, 0.2) is 6.33 Å². The highest BCUT2D eigenvalue weighted by Gasteiger charge is 2.29. The number of carbonyl (C=O) groups excluding carboxylic acids is 2. The van der Waals surface area contributed by atoms with E-state index < -0.39 is 0 Å². The van der Waals surface area contributed by atoms with E-state index in [0.29, 0.717) is 19.4 Å². The fourth-order valence-corrected chi connectivity index (χ4v) is 1.50. The number of likely N-dealkylation sites (tertiary alicyclic amines) is 1. The molecule has 0 aliphatic carbocycles.